The van der Waals surface area contributed by atoms with Crippen molar-refractivity contribution in [2.75, 3.05) is 0 Å². The van der Waals surface area contributed by atoms with Crippen LogP contribution in [0.2, 0.25) is 0 Å². The number of rotatable bonds is 3. The summed E-state index contributed by atoms with van der Waals surface area (Å²) in [6.45, 7) is 3.03. The Hall–Kier alpha value is -1.39. The van der Waals surface area contributed by atoms with E-state index in [1.54, 1.807) is 31.2 Å². The molecule has 0 aliphatic rings. The molecule has 3 N–H and O–H groups in total. The van der Waals surface area contributed by atoms with Gasteiger partial charge in [0.05, 0.1) is 0 Å². The first-order valence-corrected chi connectivity index (χ1v) is 4.56. The molecular weight excluding hydrogens is 196 g/mol. The summed E-state index contributed by atoms with van der Waals surface area (Å²) in [6, 6.07) is 6.81. The second-order valence-electron chi connectivity index (χ2n) is 3.70. The van der Waals surface area contributed by atoms with Crippen molar-refractivity contribution in [3.8, 4) is 0 Å². The maximum atomic E-state index is 10.6. The van der Waals surface area contributed by atoms with Gasteiger partial charge in [0.15, 0.2) is 6.10 Å². The largest absolute Gasteiger partial charge is 0.479 e. The fourth-order valence-electron chi connectivity index (χ4n) is 1.53. The van der Waals surface area contributed by atoms with E-state index >= 15 is 0 Å². The van der Waals surface area contributed by atoms with Gasteiger partial charge in [0.2, 0.25) is 0 Å². The molecule has 0 unspecified atom stereocenters. The predicted molar refractivity (Wildman–Crippen MR) is 54.4 cm³/mol. The fourth-order valence-corrected chi connectivity index (χ4v) is 1.53. The second kappa shape index (κ2) is 4.00. The molecule has 0 bridgehead atoms. The standard InChI is InChI=1S/C11H14O4/c1-7-5-3-4-6-8(7)11(2,15)9(12)10(13)14/h3-6,9,12,15H,1-2H3,(H,13,14)/t9-,11-/m1/s1. The van der Waals surface area contributed by atoms with Crippen molar-refractivity contribution >= 4 is 5.97 Å². The zero-order valence-electron chi connectivity index (χ0n) is 8.64. The van der Waals surface area contributed by atoms with Crippen molar-refractivity contribution in [3.63, 3.8) is 0 Å². The second-order valence-corrected chi connectivity index (χ2v) is 3.70. The lowest BCUT2D eigenvalue weighted by Crippen LogP contribution is -2.42. The highest BCUT2D eigenvalue weighted by atomic mass is 16.4. The number of aliphatic hydroxyl groups is 2. The van der Waals surface area contributed by atoms with Gasteiger partial charge in [-0.15, -0.1) is 0 Å². The molecule has 4 heteroatoms. The summed E-state index contributed by atoms with van der Waals surface area (Å²) in [5.74, 6) is -1.44. The van der Waals surface area contributed by atoms with Crippen molar-refractivity contribution in [3.05, 3.63) is 35.4 Å². The number of benzene rings is 1. The van der Waals surface area contributed by atoms with Gasteiger partial charge in [-0.05, 0) is 25.0 Å². The number of hydrogen-bond donors (Lipinski definition) is 3. The van der Waals surface area contributed by atoms with Crippen LogP contribution in [0.15, 0.2) is 24.3 Å². The molecule has 0 fully saturated rings. The lowest BCUT2D eigenvalue weighted by atomic mass is 9.87. The van der Waals surface area contributed by atoms with Crippen LogP contribution in [0.3, 0.4) is 0 Å². The topological polar surface area (TPSA) is 77.8 Å². The molecule has 0 aliphatic heterocycles. The molecule has 4 nitrogen and oxygen atoms in total. The van der Waals surface area contributed by atoms with Gasteiger partial charge in [0.25, 0.3) is 0 Å². The van der Waals surface area contributed by atoms with Crippen LogP contribution >= 0.6 is 0 Å². The van der Waals surface area contributed by atoms with Crippen LogP contribution in [0.5, 0.6) is 0 Å². The minimum Gasteiger partial charge on any atom is -0.479 e. The predicted octanol–water partition coefficient (Wildman–Crippen LogP) is 0.648. The van der Waals surface area contributed by atoms with E-state index < -0.39 is 17.7 Å². The molecular formula is C11H14O4. The Bertz CT molecular complexity index is 371. The van der Waals surface area contributed by atoms with Gasteiger partial charge in [0, 0.05) is 0 Å². The number of hydrogen-bond acceptors (Lipinski definition) is 3. The maximum absolute atomic E-state index is 10.6. The van der Waals surface area contributed by atoms with Crippen LogP contribution in [-0.4, -0.2) is 27.4 Å². The summed E-state index contributed by atoms with van der Waals surface area (Å²) >= 11 is 0. The van der Waals surface area contributed by atoms with Crippen LogP contribution in [-0.2, 0) is 10.4 Å². The van der Waals surface area contributed by atoms with Crippen molar-refractivity contribution < 1.29 is 20.1 Å². The molecule has 82 valence electrons. The van der Waals surface area contributed by atoms with Crippen LogP contribution < -0.4 is 0 Å². The summed E-state index contributed by atoms with van der Waals surface area (Å²) in [6.07, 6.45) is -1.83. The van der Waals surface area contributed by atoms with Crippen LogP contribution in [0.25, 0.3) is 0 Å². The number of carboxylic acids is 1. The Balaban J connectivity index is 3.16. The molecule has 15 heavy (non-hydrogen) atoms. The molecule has 0 radical (unpaired) electrons. The van der Waals surface area contributed by atoms with Gasteiger partial charge in [-0.25, -0.2) is 4.79 Å². The molecule has 0 heterocycles. The van der Waals surface area contributed by atoms with E-state index in [0.29, 0.717) is 5.56 Å². The average molecular weight is 210 g/mol. The highest BCUT2D eigenvalue weighted by Gasteiger charge is 2.38. The van der Waals surface area contributed by atoms with Crippen LogP contribution in [0, 0.1) is 6.92 Å². The summed E-state index contributed by atoms with van der Waals surface area (Å²) in [4.78, 5) is 10.6. The van der Waals surface area contributed by atoms with E-state index in [-0.39, 0.29) is 0 Å². The number of carbonyl (C=O) groups is 1. The third-order valence-corrected chi connectivity index (χ3v) is 2.46. The third-order valence-electron chi connectivity index (χ3n) is 2.46. The van der Waals surface area contributed by atoms with Crippen LogP contribution in [0.4, 0.5) is 0 Å². The average Bonchev–Trinajstić information content (AvgIpc) is 2.16. The van der Waals surface area contributed by atoms with E-state index in [1.807, 2.05) is 0 Å². The molecule has 0 saturated heterocycles. The van der Waals surface area contributed by atoms with Crippen LogP contribution in [0.1, 0.15) is 18.1 Å². The highest BCUT2D eigenvalue weighted by Crippen LogP contribution is 2.27. The zero-order valence-corrected chi connectivity index (χ0v) is 8.64. The Morgan fingerprint density at radius 1 is 1.40 bits per heavy atom. The molecule has 0 amide bonds. The van der Waals surface area contributed by atoms with E-state index in [9.17, 15) is 15.0 Å². The number of aliphatic carboxylic acids is 1. The molecule has 1 aromatic carbocycles. The Labute approximate surface area is 87.8 Å². The minimum atomic E-state index is -1.83. The zero-order chi connectivity index (χ0) is 11.6. The normalized spacial score (nSPS) is 16.8. The highest BCUT2D eigenvalue weighted by molar-refractivity contribution is 5.74. The van der Waals surface area contributed by atoms with Gasteiger partial charge >= 0.3 is 5.97 Å². The van der Waals surface area contributed by atoms with E-state index in [4.69, 9.17) is 5.11 Å². The summed E-state index contributed by atoms with van der Waals surface area (Å²) < 4.78 is 0. The first kappa shape index (κ1) is 11.7. The first-order valence-electron chi connectivity index (χ1n) is 4.56. The van der Waals surface area contributed by atoms with Crippen molar-refractivity contribution in [2.24, 2.45) is 0 Å². The number of aliphatic hydroxyl groups excluding tert-OH is 1. The SMILES string of the molecule is Cc1ccccc1[C@@](C)(O)[C@H](O)C(=O)O. The number of carboxylic acid groups (broad SMARTS) is 1. The lowest BCUT2D eigenvalue weighted by molar-refractivity contribution is -0.162. The monoisotopic (exact) mass is 210 g/mol. The Morgan fingerprint density at radius 2 is 1.93 bits per heavy atom. The fraction of sp³-hybridized carbons (Fsp3) is 0.364. The molecule has 1 aromatic rings. The van der Waals surface area contributed by atoms with E-state index in [2.05, 4.69) is 0 Å². The first-order chi connectivity index (χ1) is 6.87. The molecule has 1 rings (SSSR count). The molecule has 2 atom stereocenters. The van der Waals surface area contributed by atoms with E-state index in [0.717, 1.165) is 5.56 Å². The van der Waals surface area contributed by atoms with Crippen molar-refractivity contribution in [1.29, 1.82) is 0 Å². The maximum Gasteiger partial charge on any atom is 0.335 e. The van der Waals surface area contributed by atoms with Gasteiger partial charge in [0.1, 0.15) is 5.60 Å². The van der Waals surface area contributed by atoms with E-state index in [1.165, 1.54) is 6.92 Å². The van der Waals surface area contributed by atoms with Gasteiger partial charge < -0.3 is 15.3 Å². The third kappa shape index (κ3) is 2.16. The smallest absolute Gasteiger partial charge is 0.335 e. The molecule has 0 aromatic heterocycles. The molecule has 0 aliphatic carbocycles. The molecule has 0 spiro atoms. The summed E-state index contributed by atoms with van der Waals surface area (Å²) in [7, 11) is 0. The Morgan fingerprint density at radius 3 is 2.40 bits per heavy atom. The Kier molecular flexibility index (Phi) is 3.12. The quantitative estimate of drug-likeness (QED) is 0.684. The van der Waals surface area contributed by atoms with Crippen molar-refractivity contribution in [2.45, 2.75) is 25.6 Å². The molecule has 0 saturated carbocycles. The van der Waals surface area contributed by atoms with Gasteiger partial charge in [-0.3, -0.25) is 0 Å². The minimum absolute atomic E-state index is 0.417. The number of aryl methyl sites for hydroxylation is 1. The summed E-state index contributed by atoms with van der Waals surface area (Å²) in [5.41, 5.74) is -0.625. The lowest BCUT2D eigenvalue weighted by Gasteiger charge is -2.28. The summed E-state index contributed by atoms with van der Waals surface area (Å²) in [5, 5.41) is 28.0. The van der Waals surface area contributed by atoms with Gasteiger partial charge in [-0.2, -0.15) is 0 Å². The van der Waals surface area contributed by atoms with Crippen molar-refractivity contribution in [1.82, 2.24) is 0 Å². The van der Waals surface area contributed by atoms with Gasteiger partial charge in [-0.1, -0.05) is 24.3 Å².